The minimum atomic E-state index is 0. The Morgan fingerprint density at radius 1 is 0.300 bits per heavy atom. The van der Waals surface area contributed by atoms with Gasteiger partial charge in [0.2, 0.25) is 0 Å². The molecule has 0 rings (SSSR count). The molecule has 0 aliphatic rings. The van der Waals surface area contributed by atoms with Gasteiger partial charge in [-0.25, -0.2) is 0 Å². The van der Waals surface area contributed by atoms with E-state index in [-0.39, 0.29) is 104 Å². The summed E-state index contributed by atoms with van der Waals surface area (Å²) in [6, 6.07) is 0. The third kappa shape index (κ3) is 222. The van der Waals surface area contributed by atoms with Crippen LogP contribution in [0, 0.1) is 0 Å². The standard InChI is InChI=1S/2ClH.2Mg.6H2O/h2*1H;;;6*1H2/q;;2*+2;;;;;;/p-2. The largest absolute Gasteiger partial charge is 2.00 e. The molecule has 0 spiro atoms. The molecule has 0 aliphatic heterocycles. The van der Waals surface area contributed by atoms with Gasteiger partial charge in [0, 0.05) is 0 Å². The number of rotatable bonds is 0. The second-order valence-corrected chi connectivity index (χ2v) is 0. The Balaban J connectivity index is 0. The second-order valence-electron chi connectivity index (χ2n) is 0. The van der Waals surface area contributed by atoms with Crippen LogP contribution in [0.4, 0.5) is 0 Å². The molecular weight excluding hydrogens is 216 g/mol. The van der Waals surface area contributed by atoms with E-state index in [9.17, 15) is 0 Å². The normalized spacial score (nSPS) is 0. The van der Waals surface area contributed by atoms with E-state index in [1.807, 2.05) is 0 Å². The molecule has 0 unspecified atom stereocenters. The summed E-state index contributed by atoms with van der Waals surface area (Å²) in [5.41, 5.74) is 0. The quantitative estimate of drug-likeness (QED) is 0.355. The van der Waals surface area contributed by atoms with Gasteiger partial charge in [0.15, 0.2) is 0 Å². The maximum Gasteiger partial charge on any atom is 2.00 e. The van der Waals surface area contributed by atoms with Crippen molar-refractivity contribution >= 4 is 46.1 Å². The van der Waals surface area contributed by atoms with Gasteiger partial charge >= 0.3 is 46.1 Å². The molecule has 10 heteroatoms. The topological polar surface area (TPSA) is 189 Å². The molecule has 0 amide bonds. The van der Waals surface area contributed by atoms with Crippen molar-refractivity contribution in [2.24, 2.45) is 0 Å². The first-order valence-corrected chi connectivity index (χ1v) is 0. The first-order chi connectivity index (χ1) is 0. The third-order valence-corrected chi connectivity index (χ3v) is 0. The summed E-state index contributed by atoms with van der Waals surface area (Å²) >= 11 is 0. The summed E-state index contributed by atoms with van der Waals surface area (Å²) in [7, 11) is 0. The molecular formula is H12Cl2Mg2O6+2. The van der Waals surface area contributed by atoms with Crippen molar-refractivity contribution in [1.82, 2.24) is 0 Å². The smallest absolute Gasteiger partial charge is 1.00 e. The van der Waals surface area contributed by atoms with Crippen molar-refractivity contribution in [2.75, 3.05) is 0 Å². The number of hydrogen-bond acceptors (Lipinski definition) is 0. The first-order valence-electron chi connectivity index (χ1n) is 0. The van der Waals surface area contributed by atoms with Gasteiger partial charge in [-0.3, -0.25) is 0 Å². The SMILES string of the molecule is O.O.O.O.O.O.[Cl-].[Cl-].[Mg+2].[Mg+2]. The monoisotopic (exact) mass is 226 g/mol. The summed E-state index contributed by atoms with van der Waals surface area (Å²) in [5, 5.41) is 0. The number of hydrogen-bond donors (Lipinski definition) is 0. The van der Waals surface area contributed by atoms with E-state index < -0.39 is 0 Å². The van der Waals surface area contributed by atoms with E-state index >= 15 is 0 Å². The van der Waals surface area contributed by atoms with Crippen molar-refractivity contribution in [3.63, 3.8) is 0 Å². The van der Waals surface area contributed by atoms with Crippen molar-refractivity contribution < 1.29 is 57.7 Å². The van der Waals surface area contributed by atoms with Crippen molar-refractivity contribution in [3.05, 3.63) is 0 Å². The molecule has 64 valence electrons. The second kappa shape index (κ2) is 302. The molecule has 0 aliphatic carbocycles. The molecule has 0 aromatic carbocycles. The van der Waals surface area contributed by atoms with Crippen LogP contribution in [0.3, 0.4) is 0 Å². The third-order valence-electron chi connectivity index (χ3n) is 0. The van der Waals surface area contributed by atoms with E-state index in [0.29, 0.717) is 0 Å². The molecule has 0 saturated heterocycles. The molecule has 0 radical (unpaired) electrons. The zero-order valence-electron chi connectivity index (χ0n) is 5.17. The van der Waals surface area contributed by atoms with Crippen molar-refractivity contribution in [2.45, 2.75) is 0 Å². The van der Waals surface area contributed by atoms with Crippen LogP contribution in [0.2, 0.25) is 0 Å². The fourth-order valence-corrected chi connectivity index (χ4v) is 0. The van der Waals surface area contributed by atoms with Crippen LogP contribution in [0.25, 0.3) is 0 Å². The molecule has 12 N–H and O–H groups in total. The molecule has 0 bridgehead atoms. The Morgan fingerprint density at radius 3 is 0.300 bits per heavy atom. The minimum Gasteiger partial charge on any atom is -1.00 e. The van der Waals surface area contributed by atoms with E-state index in [1.54, 1.807) is 0 Å². The summed E-state index contributed by atoms with van der Waals surface area (Å²) in [6.07, 6.45) is 0. The maximum atomic E-state index is 0. The zero-order chi connectivity index (χ0) is 0. The summed E-state index contributed by atoms with van der Waals surface area (Å²) in [4.78, 5) is 0. The van der Waals surface area contributed by atoms with Gasteiger partial charge in [-0.2, -0.15) is 0 Å². The van der Waals surface area contributed by atoms with E-state index in [2.05, 4.69) is 0 Å². The fraction of sp³-hybridized carbons (Fsp3) is 0. The summed E-state index contributed by atoms with van der Waals surface area (Å²) < 4.78 is 0. The Kier molecular flexibility index (Phi) is 12100. The fourth-order valence-electron chi connectivity index (χ4n) is 0. The maximum absolute atomic E-state index is 0. The van der Waals surface area contributed by atoms with E-state index in [4.69, 9.17) is 0 Å². The van der Waals surface area contributed by atoms with Gasteiger partial charge in [0.25, 0.3) is 0 Å². The molecule has 0 aromatic heterocycles. The van der Waals surface area contributed by atoms with E-state index in [1.165, 1.54) is 0 Å². The van der Waals surface area contributed by atoms with Crippen LogP contribution in [-0.4, -0.2) is 79.0 Å². The van der Waals surface area contributed by atoms with Crippen LogP contribution in [0.5, 0.6) is 0 Å². The van der Waals surface area contributed by atoms with Crippen LogP contribution >= 0.6 is 0 Å². The van der Waals surface area contributed by atoms with Crippen LogP contribution in [0.15, 0.2) is 0 Å². The molecule has 10 heavy (non-hydrogen) atoms. The summed E-state index contributed by atoms with van der Waals surface area (Å²) in [6.45, 7) is 0. The number of halogens is 2. The Bertz CT molecular complexity index is 13.7. The van der Waals surface area contributed by atoms with Gasteiger partial charge < -0.3 is 57.7 Å². The predicted molar refractivity (Wildman–Crippen MR) is 33.2 cm³/mol. The van der Waals surface area contributed by atoms with Gasteiger partial charge in [0.05, 0.1) is 0 Å². The average Bonchev–Trinajstić information content (AvgIpc) is 0. The molecule has 0 saturated carbocycles. The van der Waals surface area contributed by atoms with Gasteiger partial charge in [0.1, 0.15) is 0 Å². The Labute approximate surface area is 103 Å². The van der Waals surface area contributed by atoms with Crippen molar-refractivity contribution in [3.8, 4) is 0 Å². The van der Waals surface area contributed by atoms with Gasteiger partial charge in [-0.15, -0.1) is 0 Å². The summed E-state index contributed by atoms with van der Waals surface area (Å²) in [5.74, 6) is 0. The van der Waals surface area contributed by atoms with Gasteiger partial charge in [-0.05, 0) is 0 Å². The van der Waals surface area contributed by atoms with Crippen molar-refractivity contribution in [1.29, 1.82) is 0 Å². The van der Waals surface area contributed by atoms with Crippen LogP contribution in [-0.2, 0) is 0 Å². The van der Waals surface area contributed by atoms with E-state index in [0.717, 1.165) is 0 Å². The molecule has 0 fully saturated rings. The zero-order valence-corrected chi connectivity index (χ0v) is 9.51. The average molecular weight is 228 g/mol. The van der Waals surface area contributed by atoms with Crippen LogP contribution < -0.4 is 24.8 Å². The van der Waals surface area contributed by atoms with Crippen LogP contribution in [0.1, 0.15) is 0 Å². The molecule has 0 atom stereocenters. The molecule has 6 nitrogen and oxygen atoms in total. The molecule has 0 aromatic rings. The molecule has 0 heterocycles. The Morgan fingerprint density at radius 2 is 0.300 bits per heavy atom. The van der Waals surface area contributed by atoms with Gasteiger partial charge in [-0.1, -0.05) is 0 Å². The first kappa shape index (κ1) is 400. The predicted octanol–water partition coefficient (Wildman–Crippen LogP) is -11.7. The minimum absolute atomic E-state index is 0. The Hall–Kier alpha value is 1.87.